The maximum atomic E-state index is 9.16. The maximum Gasteiger partial charge on any atom is 0.317 e. The van der Waals surface area contributed by atoms with Crippen LogP contribution in [0.2, 0.25) is 0 Å². The van der Waals surface area contributed by atoms with Crippen molar-refractivity contribution in [3.8, 4) is 0 Å². The zero-order chi connectivity index (χ0) is 11.9. The van der Waals surface area contributed by atoms with Crippen molar-refractivity contribution < 1.29 is 8.42 Å². The number of alkyl halides is 1. The van der Waals surface area contributed by atoms with E-state index in [0.717, 1.165) is 5.33 Å². The number of rotatable bonds is 2. The summed E-state index contributed by atoms with van der Waals surface area (Å²) in [5.74, 6) is 0.626. The van der Waals surface area contributed by atoms with Crippen LogP contribution in [0.3, 0.4) is 0 Å². The molecule has 0 bridgehead atoms. The number of halogens is 3. The zero-order valence-electron chi connectivity index (χ0n) is 8.03. The van der Waals surface area contributed by atoms with Crippen molar-refractivity contribution in [2.24, 2.45) is 0 Å². The first-order valence-corrected chi connectivity index (χ1v) is 8.35. The first kappa shape index (κ1) is 15.2. The Morgan fingerprint density at radius 1 is 1.27 bits per heavy atom. The minimum absolute atomic E-state index is 0.626. The van der Waals surface area contributed by atoms with E-state index < -0.39 is 8.26 Å². The smallest absolute Gasteiger partial charge is 0.195 e. The molecule has 0 spiro atoms. The van der Waals surface area contributed by atoms with Crippen LogP contribution >= 0.6 is 37.3 Å². The highest BCUT2D eigenvalue weighted by Gasteiger charge is 1.99. The van der Waals surface area contributed by atoms with Gasteiger partial charge in [0.15, 0.2) is 0 Å². The van der Waals surface area contributed by atoms with E-state index in [1.54, 1.807) is 0 Å². The Balaban J connectivity index is 0.000000336. The summed E-state index contributed by atoms with van der Waals surface area (Å²) in [6.07, 6.45) is 0. The van der Waals surface area contributed by atoms with Gasteiger partial charge in [0.2, 0.25) is 0 Å². The molecule has 2 nitrogen and oxygen atoms in total. The molecule has 1 aromatic rings. The molecule has 86 valence electrons. The maximum absolute atomic E-state index is 9.16. The van der Waals surface area contributed by atoms with Gasteiger partial charge in [0.1, 0.15) is 0 Å². The van der Waals surface area contributed by atoms with Crippen LogP contribution in [-0.2, 0) is 8.26 Å². The Bertz CT molecular complexity index is 359. The summed E-state index contributed by atoms with van der Waals surface area (Å²) in [6.45, 7) is 2.21. The highest BCUT2D eigenvalue weighted by Crippen LogP contribution is 2.15. The van der Waals surface area contributed by atoms with Crippen LogP contribution in [0.5, 0.6) is 0 Å². The molecular formula is C9H11BrCl2O2S. The minimum Gasteiger partial charge on any atom is -0.195 e. The van der Waals surface area contributed by atoms with Crippen molar-refractivity contribution in [1.29, 1.82) is 0 Å². The van der Waals surface area contributed by atoms with Crippen molar-refractivity contribution in [3.63, 3.8) is 0 Å². The van der Waals surface area contributed by atoms with Crippen LogP contribution in [0.1, 0.15) is 18.4 Å². The van der Waals surface area contributed by atoms with Crippen LogP contribution in [0, 0.1) is 0 Å². The molecule has 0 heterocycles. The molecule has 0 aromatic heterocycles. The van der Waals surface area contributed by atoms with E-state index in [1.807, 2.05) is 6.07 Å². The van der Waals surface area contributed by atoms with E-state index in [9.17, 15) is 0 Å². The van der Waals surface area contributed by atoms with Gasteiger partial charge in [0.05, 0.1) is 0 Å². The first-order valence-electron chi connectivity index (χ1n) is 4.09. The Morgan fingerprint density at radius 3 is 2.00 bits per heavy atom. The molecule has 0 saturated heterocycles. The third kappa shape index (κ3) is 10.5. The van der Waals surface area contributed by atoms with Crippen LogP contribution in [0.15, 0.2) is 30.3 Å². The summed E-state index contributed by atoms with van der Waals surface area (Å²) in [7, 11) is 4.81. The molecule has 1 aromatic carbocycles. The minimum atomic E-state index is -3.72. The zero-order valence-corrected chi connectivity index (χ0v) is 11.9. The van der Waals surface area contributed by atoms with Gasteiger partial charge in [0.25, 0.3) is 0 Å². The molecule has 1 atom stereocenters. The van der Waals surface area contributed by atoms with Crippen molar-refractivity contribution >= 4 is 45.6 Å². The van der Waals surface area contributed by atoms with E-state index >= 15 is 0 Å². The number of benzene rings is 1. The second-order valence-corrected chi connectivity index (χ2v) is 7.16. The third-order valence-corrected chi connectivity index (χ3v) is 2.57. The molecule has 1 rings (SSSR count). The highest BCUT2D eigenvalue weighted by molar-refractivity contribution is 9.09. The molecular weight excluding hydrogens is 323 g/mol. The van der Waals surface area contributed by atoms with Gasteiger partial charge in [-0.1, -0.05) is 53.2 Å². The lowest BCUT2D eigenvalue weighted by Gasteiger charge is -2.05. The topological polar surface area (TPSA) is 34.1 Å². The third-order valence-electron chi connectivity index (χ3n) is 1.60. The molecule has 0 saturated carbocycles. The summed E-state index contributed by atoms with van der Waals surface area (Å²) in [4.78, 5) is 0. The average Bonchev–Trinajstić information content (AvgIpc) is 2.15. The molecule has 1 unspecified atom stereocenters. The van der Waals surface area contributed by atoms with E-state index in [1.165, 1.54) is 5.56 Å². The molecule has 0 fully saturated rings. The first-order chi connectivity index (χ1) is 6.84. The summed E-state index contributed by atoms with van der Waals surface area (Å²) in [5.41, 5.74) is 1.40. The van der Waals surface area contributed by atoms with Gasteiger partial charge in [-0.25, -0.2) is 0 Å². The van der Waals surface area contributed by atoms with Gasteiger partial charge in [-0.15, -0.1) is 0 Å². The Kier molecular flexibility index (Phi) is 7.61. The SMILES string of the molecule is CC(CBr)c1ccccc1.O=S(=O)(Cl)Cl. The molecule has 0 radical (unpaired) electrons. The summed E-state index contributed by atoms with van der Waals surface area (Å²) in [5, 5.41) is 1.04. The van der Waals surface area contributed by atoms with Crippen molar-refractivity contribution in [1.82, 2.24) is 0 Å². The predicted molar refractivity (Wildman–Crippen MR) is 69.3 cm³/mol. The molecule has 0 N–H and O–H groups in total. The van der Waals surface area contributed by atoms with Crippen LogP contribution in [0.25, 0.3) is 0 Å². The monoisotopic (exact) mass is 332 g/mol. The lowest BCUT2D eigenvalue weighted by molar-refractivity contribution is 0.621. The van der Waals surface area contributed by atoms with Gasteiger partial charge < -0.3 is 0 Å². The van der Waals surface area contributed by atoms with E-state index in [-0.39, 0.29) is 0 Å². The van der Waals surface area contributed by atoms with Crippen LogP contribution < -0.4 is 0 Å². The van der Waals surface area contributed by atoms with Gasteiger partial charge in [-0.05, 0) is 11.5 Å². The van der Waals surface area contributed by atoms with E-state index in [2.05, 4.69) is 68.5 Å². The van der Waals surface area contributed by atoms with Crippen LogP contribution in [-0.4, -0.2) is 13.7 Å². The summed E-state index contributed by atoms with van der Waals surface area (Å²) < 4.78 is 18.3. The Hall–Kier alpha value is 0.230. The molecule has 6 heteroatoms. The standard InChI is InChI=1S/C9H11Br.Cl2O2S/c1-8(7-10)9-5-3-2-4-6-9;1-5(2,3)4/h2-6,8H,7H2,1H3;. The second kappa shape index (κ2) is 7.49. The highest BCUT2D eigenvalue weighted by atomic mass is 79.9. The summed E-state index contributed by atoms with van der Waals surface area (Å²) in [6, 6.07) is 10.5. The number of hydrogen-bond acceptors (Lipinski definition) is 2. The van der Waals surface area contributed by atoms with Crippen molar-refractivity contribution in [3.05, 3.63) is 35.9 Å². The number of hydrogen-bond donors (Lipinski definition) is 0. The molecule has 0 amide bonds. The fourth-order valence-corrected chi connectivity index (χ4v) is 1.24. The van der Waals surface area contributed by atoms with Crippen molar-refractivity contribution in [2.45, 2.75) is 12.8 Å². The molecule has 15 heavy (non-hydrogen) atoms. The quantitative estimate of drug-likeness (QED) is 0.607. The van der Waals surface area contributed by atoms with Crippen molar-refractivity contribution in [2.75, 3.05) is 5.33 Å². The fourth-order valence-electron chi connectivity index (χ4n) is 0.871. The van der Waals surface area contributed by atoms with E-state index in [4.69, 9.17) is 8.42 Å². The summed E-state index contributed by atoms with van der Waals surface area (Å²) >= 11 is 3.45. The Morgan fingerprint density at radius 2 is 1.67 bits per heavy atom. The molecule has 0 aliphatic heterocycles. The van der Waals surface area contributed by atoms with E-state index in [0.29, 0.717) is 5.92 Å². The lowest BCUT2D eigenvalue weighted by Crippen LogP contribution is -1.92. The van der Waals surface area contributed by atoms with Gasteiger partial charge in [-0.3, -0.25) is 0 Å². The Labute approximate surface area is 108 Å². The fraction of sp³-hybridized carbons (Fsp3) is 0.333. The van der Waals surface area contributed by atoms with Gasteiger partial charge in [0, 0.05) is 26.7 Å². The van der Waals surface area contributed by atoms with Gasteiger partial charge >= 0.3 is 8.26 Å². The molecule has 0 aliphatic carbocycles. The normalized spacial score (nSPS) is 12.5. The average molecular weight is 334 g/mol. The predicted octanol–water partition coefficient (Wildman–Crippen LogP) is 3.89. The molecule has 0 aliphatic rings. The lowest BCUT2D eigenvalue weighted by atomic mass is 10.0. The largest absolute Gasteiger partial charge is 0.317 e. The second-order valence-electron chi connectivity index (χ2n) is 2.84. The van der Waals surface area contributed by atoms with Crippen LogP contribution in [0.4, 0.5) is 0 Å². The van der Waals surface area contributed by atoms with Gasteiger partial charge in [-0.2, -0.15) is 8.42 Å².